The third-order valence-electron chi connectivity index (χ3n) is 1.59. The van der Waals surface area contributed by atoms with E-state index in [-0.39, 0.29) is 11.6 Å². The molecule has 0 rings (SSSR count). The molecule has 2 N–H and O–H groups in total. The molecule has 16 heavy (non-hydrogen) atoms. The highest BCUT2D eigenvalue weighted by molar-refractivity contribution is 5.93. The van der Waals surface area contributed by atoms with E-state index in [2.05, 4.69) is 27.2 Å². The highest BCUT2D eigenvalue weighted by Crippen LogP contribution is 1.89. The predicted octanol–water partition coefficient (Wildman–Crippen LogP) is -0.0712. The van der Waals surface area contributed by atoms with E-state index in [9.17, 15) is 4.79 Å². The van der Waals surface area contributed by atoms with Gasteiger partial charge >= 0.3 is 0 Å². The second-order valence-electron chi connectivity index (χ2n) is 2.85. The van der Waals surface area contributed by atoms with Crippen LogP contribution >= 0.6 is 0 Å². The van der Waals surface area contributed by atoms with Crippen molar-refractivity contribution in [2.24, 2.45) is 9.98 Å². The molecular formula is C10H18N4O2. The number of amides is 1. The average molecular weight is 226 g/mol. The Bertz CT molecular complexity index is 274. The van der Waals surface area contributed by atoms with E-state index < -0.39 is 0 Å². The molecule has 0 saturated heterocycles. The van der Waals surface area contributed by atoms with Gasteiger partial charge in [0.15, 0.2) is 6.40 Å². The number of carbonyl (C=O) groups excluding carboxylic acids is 1. The molecule has 0 atom stereocenters. The van der Waals surface area contributed by atoms with Crippen LogP contribution in [0.5, 0.6) is 0 Å². The van der Waals surface area contributed by atoms with Gasteiger partial charge < -0.3 is 15.4 Å². The summed E-state index contributed by atoms with van der Waals surface area (Å²) in [7, 11) is 3.39. The maximum absolute atomic E-state index is 10.9. The van der Waals surface area contributed by atoms with Crippen LogP contribution in [0.2, 0.25) is 0 Å². The van der Waals surface area contributed by atoms with Crippen LogP contribution in [0.3, 0.4) is 0 Å². The summed E-state index contributed by atoms with van der Waals surface area (Å²) in [6.45, 7) is 4.94. The molecule has 0 aromatic carbocycles. The molecular weight excluding hydrogens is 208 g/mol. The summed E-state index contributed by atoms with van der Waals surface area (Å²) in [5.74, 6) is -0.332. The molecule has 0 saturated carbocycles. The van der Waals surface area contributed by atoms with Crippen molar-refractivity contribution in [1.29, 1.82) is 0 Å². The zero-order valence-electron chi connectivity index (χ0n) is 9.69. The van der Waals surface area contributed by atoms with Gasteiger partial charge in [-0.3, -0.25) is 4.79 Å². The van der Waals surface area contributed by atoms with Crippen LogP contribution in [0.1, 0.15) is 6.42 Å². The Hall–Kier alpha value is -1.69. The van der Waals surface area contributed by atoms with E-state index in [1.807, 2.05) is 7.05 Å². The van der Waals surface area contributed by atoms with E-state index in [0.717, 1.165) is 13.0 Å². The Labute approximate surface area is 95.5 Å². The van der Waals surface area contributed by atoms with Crippen LogP contribution in [0.4, 0.5) is 0 Å². The molecule has 0 aliphatic rings. The first-order valence-corrected chi connectivity index (χ1v) is 4.93. The molecule has 90 valence electrons. The average Bonchev–Trinajstić information content (AvgIpc) is 2.31. The minimum atomic E-state index is -0.332. The van der Waals surface area contributed by atoms with Gasteiger partial charge in [0.1, 0.15) is 12.0 Å². The van der Waals surface area contributed by atoms with Gasteiger partial charge in [0.05, 0.1) is 6.61 Å². The Morgan fingerprint density at radius 1 is 1.50 bits per heavy atom. The number of carbonyl (C=O) groups is 1. The van der Waals surface area contributed by atoms with Gasteiger partial charge in [-0.1, -0.05) is 6.58 Å². The van der Waals surface area contributed by atoms with Gasteiger partial charge in [0, 0.05) is 7.05 Å². The molecule has 6 nitrogen and oxygen atoms in total. The first-order chi connectivity index (χ1) is 7.72. The molecule has 0 aliphatic carbocycles. The number of ether oxygens (including phenoxy) is 1. The lowest BCUT2D eigenvalue weighted by atomic mass is 10.5. The van der Waals surface area contributed by atoms with Crippen molar-refractivity contribution in [3.05, 3.63) is 12.3 Å². The summed E-state index contributed by atoms with van der Waals surface area (Å²) in [5, 5.41) is 5.39. The maximum atomic E-state index is 10.9. The minimum absolute atomic E-state index is 0.106. The fourth-order valence-electron chi connectivity index (χ4n) is 0.761. The van der Waals surface area contributed by atoms with Crippen molar-refractivity contribution >= 4 is 18.6 Å². The molecule has 0 aromatic heterocycles. The second-order valence-corrected chi connectivity index (χ2v) is 2.85. The van der Waals surface area contributed by atoms with Gasteiger partial charge in [-0.05, 0) is 20.0 Å². The van der Waals surface area contributed by atoms with Crippen molar-refractivity contribution in [2.45, 2.75) is 6.42 Å². The molecule has 0 aromatic rings. The molecule has 0 spiro atoms. The Kier molecular flexibility index (Phi) is 8.81. The van der Waals surface area contributed by atoms with E-state index in [0.29, 0.717) is 6.61 Å². The van der Waals surface area contributed by atoms with E-state index in [1.54, 1.807) is 0 Å². The standard InChI is InChI=1S/C10H18N4O2/c1-9(10(15)12-3)14-7-13-8-16-6-4-5-11-2/h7-8,11H,1,4-6H2,2-3H3,(H,12,15)/b13-8+,14-7-. The van der Waals surface area contributed by atoms with Gasteiger partial charge in [0.2, 0.25) is 0 Å². The first kappa shape index (κ1) is 14.3. The quantitative estimate of drug-likeness (QED) is 0.263. The molecule has 0 unspecified atom stereocenters. The van der Waals surface area contributed by atoms with Crippen molar-refractivity contribution < 1.29 is 9.53 Å². The number of hydrogen-bond acceptors (Lipinski definition) is 4. The van der Waals surface area contributed by atoms with Crippen LogP contribution in [-0.4, -0.2) is 45.9 Å². The predicted molar refractivity (Wildman–Crippen MR) is 64.7 cm³/mol. The second kappa shape index (κ2) is 9.85. The number of aliphatic imine (C=N–C) groups is 2. The summed E-state index contributed by atoms with van der Waals surface area (Å²) >= 11 is 0. The van der Waals surface area contributed by atoms with Crippen molar-refractivity contribution in [3.63, 3.8) is 0 Å². The molecule has 0 aliphatic heterocycles. The zero-order valence-corrected chi connectivity index (χ0v) is 9.69. The van der Waals surface area contributed by atoms with Crippen LogP contribution in [0, 0.1) is 0 Å². The SMILES string of the molecule is C=C(/N=C\N=C\OCCCNC)C(=O)NC. The van der Waals surface area contributed by atoms with Gasteiger partial charge in [-0.2, -0.15) is 0 Å². The van der Waals surface area contributed by atoms with Crippen molar-refractivity contribution in [3.8, 4) is 0 Å². The number of nitrogens with zero attached hydrogens (tertiary/aromatic N) is 2. The number of hydrogen-bond donors (Lipinski definition) is 2. The first-order valence-electron chi connectivity index (χ1n) is 4.93. The van der Waals surface area contributed by atoms with E-state index >= 15 is 0 Å². The Morgan fingerprint density at radius 3 is 2.88 bits per heavy atom. The summed E-state index contributed by atoms with van der Waals surface area (Å²) in [6.07, 6.45) is 3.41. The van der Waals surface area contributed by atoms with Crippen molar-refractivity contribution in [1.82, 2.24) is 10.6 Å². The fraction of sp³-hybridized carbons (Fsp3) is 0.500. The Morgan fingerprint density at radius 2 is 2.25 bits per heavy atom. The van der Waals surface area contributed by atoms with Gasteiger partial charge in [0.25, 0.3) is 5.91 Å². The van der Waals surface area contributed by atoms with Crippen LogP contribution < -0.4 is 10.6 Å². The smallest absolute Gasteiger partial charge is 0.269 e. The molecule has 6 heteroatoms. The lowest BCUT2D eigenvalue weighted by molar-refractivity contribution is -0.117. The minimum Gasteiger partial charge on any atom is -0.483 e. The number of rotatable bonds is 8. The van der Waals surface area contributed by atoms with Crippen molar-refractivity contribution in [2.75, 3.05) is 27.2 Å². The van der Waals surface area contributed by atoms with E-state index in [4.69, 9.17) is 4.74 Å². The molecule has 0 radical (unpaired) electrons. The summed E-state index contributed by atoms with van der Waals surface area (Å²) in [6, 6.07) is 0. The Balaban J connectivity index is 3.62. The van der Waals surface area contributed by atoms with Gasteiger partial charge in [-0.25, -0.2) is 9.98 Å². The number of likely N-dealkylation sites (N-methyl/N-ethyl adjacent to an activating group) is 1. The number of nitrogens with one attached hydrogen (secondary N) is 2. The highest BCUT2D eigenvalue weighted by atomic mass is 16.5. The summed E-state index contributed by atoms with van der Waals surface area (Å²) < 4.78 is 5.05. The fourth-order valence-corrected chi connectivity index (χ4v) is 0.761. The molecule has 1 amide bonds. The molecule has 0 bridgehead atoms. The van der Waals surface area contributed by atoms with Crippen LogP contribution in [-0.2, 0) is 9.53 Å². The lowest BCUT2D eigenvalue weighted by Crippen LogP contribution is -2.18. The maximum Gasteiger partial charge on any atom is 0.269 e. The van der Waals surface area contributed by atoms with E-state index in [1.165, 1.54) is 19.8 Å². The molecule has 0 fully saturated rings. The zero-order chi connectivity index (χ0) is 12.2. The normalized spacial score (nSPS) is 10.9. The van der Waals surface area contributed by atoms with Gasteiger partial charge in [-0.15, -0.1) is 0 Å². The lowest BCUT2D eigenvalue weighted by Gasteiger charge is -1.98. The van der Waals surface area contributed by atoms with Crippen LogP contribution in [0.25, 0.3) is 0 Å². The third kappa shape index (κ3) is 7.69. The monoisotopic (exact) mass is 226 g/mol. The third-order valence-corrected chi connectivity index (χ3v) is 1.59. The topological polar surface area (TPSA) is 75.1 Å². The highest BCUT2D eigenvalue weighted by Gasteiger charge is 1.98. The molecule has 0 heterocycles. The van der Waals surface area contributed by atoms with Crippen LogP contribution in [0.15, 0.2) is 22.3 Å². The summed E-state index contributed by atoms with van der Waals surface area (Å²) in [4.78, 5) is 18.4. The summed E-state index contributed by atoms with van der Waals surface area (Å²) in [5.41, 5.74) is 0.106. The largest absolute Gasteiger partial charge is 0.483 e.